The third-order valence-electron chi connectivity index (χ3n) is 4.54. The minimum Gasteiger partial charge on any atom is -0.478 e. The number of hydrogen-bond acceptors (Lipinski definition) is 2. The lowest BCUT2D eigenvalue weighted by Gasteiger charge is -2.28. The number of aromatic carboxylic acids is 1. The monoisotopic (exact) mass is 313 g/mol. The number of rotatable bonds is 4. The van der Waals surface area contributed by atoms with E-state index < -0.39 is 5.97 Å². The summed E-state index contributed by atoms with van der Waals surface area (Å²) in [6.07, 6.45) is 1.95. The Hall–Kier alpha value is -2.20. The van der Waals surface area contributed by atoms with Crippen molar-refractivity contribution in [3.63, 3.8) is 0 Å². The first-order valence-corrected chi connectivity index (χ1v) is 7.87. The zero-order valence-corrected chi connectivity index (χ0v) is 13.1. The van der Waals surface area contributed by atoms with E-state index in [1.54, 1.807) is 6.92 Å². The maximum Gasteiger partial charge on any atom is 0.336 e. The number of fused-ring (bicyclic) bond motifs is 1. The molecule has 2 N–H and O–H groups in total. The first kappa shape index (κ1) is 15.7. The fourth-order valence-corrected chi connectivity index (χ4v) is 3.38. The van der Waals surface area contributed by atoms with Crippen molar-refractivity contribution in [1.82, 2.24) is 5.32 Å². The van der Waals surface area contributed by atoms with Gasteiger partial charge < -0.3 is 10.4 Å². The summed E-state index contributed by atoms with van der Waals surface area (Å²) >= 11 is 0. The number of carbonyl (C=O) groups is 1. The molecule has 120 valence electrons. The predicted molar refractivity (Wildman–Crippen MR) is 87.2 cm³/mol. The maximum atomic E-state index is 14.1. The van der Waals surface area contributed by atoms with Crippen LogP contribution in [-0.4, -0.2) is 17.1 Å². The Morgan fingerprint density at radius 2 is 2.04 bits per heavy atom. The van der Waals surface area contributed by atoms with Gasteiger partial charge in [-0.2, -0.15) is 0 Å². The van der Waals surface area contributed by atoms with Crippen molar-refractivity contribution < 1.29 is 14.3 Å². The van der Waals surface area contributed by atoms with Gasteiger partial charge in [0, 0.05) is 12.6 Å². The average Bonchev–Trinajstić information content (AvgIpc) is 2.53. The molecular weight excluding hydrogens is 293 g/mol. The molecule has 2 aromatic rings. The number of carboxylic acid groups (broad SMARTS) is 1. The molecule has 0 spiro atoms. The Labute approximate surface area is 135 Å². The summed E-state index contributed by atoms with van der Waals surface area (Å²) in [7, 11) is 0. The summed E-state index contributed by atoms with van der Waals surface area (Å²) in [5, 5.41) is 12.9. The molecule has 0 bridgehead atoms. The van der Waals surface area contributed by atoms with Crippen LogP contribution in [0.2, 0.25) is 0 Å². The first-order chi connectivity index (χ1) is 11.1. The third-order valence-corrected chi connectivity index (χ3v) is 4.54. The number of halogens is 1. The van der Waals surface area contributed by atoms with Crippen molar-refractivity contribution in [2.75, 3.05) is 0 Å². The van der Waals surface area contributed by atoms with Gasteiger partial charge in [-0.3, -0.25) is 0 Å². The molecule has 1 aliphatic carbocycles. The van der Waals surface area contributed by atoms with E-state index in [1.165, 1.54) is 11.6 Å². The zero-order valence-electron chi connectivity index (χ0n) is 13.1. The SMILES string of the molecule is Cc1cc(F)c2c(c1C(=O)O)CC(NCc1ccccc1)CC2. The van der Waals surface area contributed by atoms with Gasteiger partial charge in [-0.15, -0.1) is 0 Å². The number of nitrogens with one attached hydrogen (secondary N) is 1. The molecule has 2 aromatic carbocycles. The molecule has 0 saturated heterocycles. The fraction of sp³-hybridized carbons (Fsp3) is 0.316. The van der Waals surface area contributed by atoms with Gasteiger partial charge in [-0.05, 0) is 54.5 Å². The molecule has 0 radical (unpaired) electrons. The predicted octanol–water partition coefficient (Wildman–Crippen LogP) is 3.48. The number of hydrogen-bond donors (Lipinski definition) is 2. The molecule has 4 heteroatoms. The van der Waals surface area contributed by atoms with Crippen LogP contribution in [0.5, 0.6) is 0 Å². The standard InChI is InChI=1S/C19H20FNO2/c1-12-9-17(20)15-8-7-14(10-16(15)18(12)19(22)23)21-11-13-5-3-2-4-6-13/h2-6,9,14,21H,7-8,10-11H2,1H3,(H,22,23). The third kappa shape index (κ3) is 3.27. The quantitative estimate of drug-likeness (QED) is 0.908. The summed E-state index contributed by atoms with van der Waals surface area (Å²) in [6.45, 7) is 2.39. The summed E-state index contributed by atoms with van der Waals surface area (Å²) in [5.74, 6) is -1.24. The van der Waals surface area contributed by atoms with Crippen molar-refractivity contribution in [2.24, 2.45) is 0 Å². The van der Waals surface area contributed by atoms with Gasteiger partial charge in [0.2, 0.25) is 0 Å². The molecule has 23 heavy (non-hydrogen) atoms. The minimum atomic E-state index is -0.970. The van der Waals surface area contributed by atoms with Gasteiger partial charge in [0.15, 0.2) is 0 Å². The zero-order chi connectivity index (χ0) is 16.4. The van der Waals surface area contributed by atoms with Crippen molar-refractivity contribution in [1.29, 1.82) is 0 Å². The van der Waals surface area contributed by atoms with Crippen molar-refractivity contribution >= 4 is 5.97 Å². The van der Waals surface area contributed by atoms with Crippen LogP contribution in [0.1, 0.15) is 39.0 Å². The van der Waals surface area contributed by atoms with E-state index in [4.69, 9.17) is 0 Å². The van der Waals surface area contributed by atoms with Crippen LogP contribution in [0, 0.1) is 12.7 Å². The molecule has 3 rings (SSSR count). The van der Waals surface area contributed by atoms with E-state index in [0.717, 1.165) is 13.0 Å². The molecule has 0 heterocycles. The second-order valence-corrected chi connectivity index (χ2v) is 6.12. The summed E-state index contributed by atoms with van der Waals surface area (Å²) in [4.78, 5) is 11.5. The van der Waals surface area contributed by atoms with Crippen LogP contribution in [0.3, 0.4) is 0 Å². The van der Waals surface area contributed by atoms with Crippen molar-refractivity contribution in [3.05, 3.63) is 70.0 Å². The van der Waals surface area contributed by atoms with Gasteiger partial charge >= 0.3 is 5.97 Å². The fourth-order valence-electron chi connectivity index (χ4n) is 3.38. The van der Waals surface area contributed by atoms with Crippen molar-refractivity contribution in [3.8, 4) is 0 Å². The van der Waals surface area contributed by atoms with Crippen molar-refractivity contribution in [2.45, 2.75) is 38.8 Å². The Bertz CT molecular complexity index is 728. The molecule has 3 nitrogen and oxygen atoms in total. The Balaban J connectivity index is 1.81. The van der Waals surface area contributed by atoms with Crippen LogP contribution < -0.4 is 5.32 Å². The Kier molecular flexibility index (Phi) is 4.44. The summed E-state index contributed by atoms with van der Waals surface area (Å²) < 4.78 is 14.1. The molecule has 0 fully saturated rings. The number of carboxylic acids is 1. The molecule has 0 amide bonds. The molecular formula is C19H20FNO2. The van der Waals surface area contributed by atoms with Gasteiger partial charge in [-0.25, -0.2) is 9.18 Å². The maximum absolute atomic E-state index is 14.1. The summed E-state index contributed by atoms with van der Waals surface area (Å²) in [6, 6.07) is 11.6. The average molecular weight is 313 g/mol. The second-order valence-electron chi connectivity index (χ2n) is 6.12. The van der Waals surface area contributed by atoms with E-state index in [0.29, 0.717) is 29.5 Å². The highest BCUT2D eigenvalue weighted by Crippen LogP contribution is 2.29. The molecule has 1 atom stereocenters. The Morgan fingerprint density at radius 3 is 2.74 bits per heavy atom. The summed E-state index contributed by atoms with van der Waals surface area (Å²) in [5.41, 5.74) is 3.19. The van der Waals surface area contributed by atoms with Gasteiger partial charge in [-0.1, -0.05) is 30.3 Å². The van der Waals surface area contributed by atoms with Crippen LogP contribution in [-0.2, 0) is 19.4 Å². The van der Waals surface area contributed by atoms with E-state index in [1.807, 2.05) is 18.2 Å². The topological polar surface area (TPSA) is 49.3 Å². The lowest BCUT2D eigenvalue weighted by atomic mass is 9.83. The van der Waals surface area contributed by atoms with Gasteiger partial charge in [0.1, 0.15) is 5.82 Å². The minimum absolute atomic E-state index is 0.169. The highest BCUT2D eigenvalue weighted by molar-refractivity contribution is 5.91. The normalized spacial score (nSPS) is 16.9. The first-order valence-electron chi connectivity index (χ1n) is 7.87. The van der Waals surface area contributed by atoms with Gasteiger partial charge in [0.25, 0.3) is 0 Å². The van der Waals surface area contributed by atoms with Crippen LogP contribution in [0.25, 0.3) is 0 Å². The molecule has 1 aliphatic rings. The highest BCUT2D eigenvalue weighted by atomic mass is 19.1. The number of benzene rings is 2. The molecule has 0 saturated carbocycles. The smallest absolute Gasteiger partial charge is 0.336 e. The number of aryl methyl sites for hydroxylation is 1. The van der Waals surface area contributed by atoms with Crippen LogP contribution in [0.15, 0.2) is 36.4 Å². The van der Waals surface area contributed by atoms with E-state index in [-0.39, 0.29) is 17.4 Å². The largest absolute Gasteiger partial charge is 0.478 e. The lowest BCUT2D eigenvalue weighted by Crippen LogP contribution is -2.35. The lowest BCUT2D eigenvalue weighted by molar-refractivity contribution is 0.0694. The molecule has 0 aliphatic heterocycles. The van der Waals surface area contributed by atoms with Crippen LogP contribution >= 0.6 is 0 Å². The van der Waals surface area contributed by atoms with E-state index >= 15 is 0 Å². The van der Waals surface area contributed by atoms with E-state index in [9.17, 15) is 14.3 Å². The Morgan fingerprint density at radius 1 is 1.30 bits per heavy atom. The molecule has 1 unspecified atom stereocenters. The van der Waals surface area contributed by atoms with Crippen LogP contribution in [0.4, 0.5) is 4.39 Å². The van der Waals surface area contributed by atoms with Gasteiger partial charge in [0.05, 0.1) is 5.56 Å². The second kappa shape index (κ2) is 6.50. The molecule has 0 aromatic heterocycles. The van der Waals surface area contributed by atoms with E-state index in [2.05, 4.69) is 17.4 Å². The highest BCUT2D eigenvalue weighted by Gasteiger charge is 2.27.